The van der Waals surface area contributed by atoms with E-state index in [1.54, 1.807) is 30.3 Å². The average molecular weight is 327 g/mol. The van der Waals surface area contributed by atoms with Gasteiger partial charge in [0.1, 0.15) is 0 Å². The van der Waals surface area contributed by atoms with Gasteiger partial charge in [-0.05, 0) is 17.7 Å². The van der Waals surface area contributed by atoms with Gasteiger partial charge < -0.3 is 0 Å². The van der Waals surface area contributed by atoms with E-state index in [4.69, 9.17) is 11.6 Å². The molecule has 2 aromatic carbocycles. The predicted octanol–water partition coefficient (Wildman–Crippen LogP) is 2.73. The molecule has 1 N–H and O–H groups in total. The number of rotatable bonds is 5. The second-order valence-electron chi connectivity index (χ2n) is 4.18. The van der Waals surface area contributed by atoms with Crippen molar-refractivity contribution in [1.82, 2.24) is 4.72 Å². The van der Waals surface area contributed by atoms with Crippen molar-refractivity contribution in [3.8, 4) is 0 Å². The second kappa shape index (κ2) is 6.21. The van der Waals surface area contributed by atoms with Gasteiger partial charge in [0.15, 0.2) is 4.90 Å². The monoisotopic (exact) mass is 326 g/mol. The standard InChI is InChI=1S/C13H11ClN2O4S/c14-11-6-7-12(16(17)18)13(8-11)21(19,20)15-9-10-4-2-1-3-5-10/h1-8,15H,9H2. The predicted molar refractivity (Wildman–Crippen MR) is 78.6 cm³/mol. The maximum absolute atomic E-state index is 12.2. The first-order chi connectivity index (χ1) is 9.90. The zero-order chi connectivity index (χ0) is 15.5. The number of sulfonamides is 1. The van der Waals surface area contributed by atoms with Crippen LogP contribution in [0.1, 0.15) is 5.56 Å². The maximum Gasteiger partial charge on any atom is 0.289 e. The summed E-state index contributed by atoms with van der Waals surface area (Å²) >= 11 is 5.73. The smallest absolute Gasteiger partial charge is 0.258 e. The minimum atomic E-state index is -4.03. The Morgan fingerprint density at radius 3 is 2.43 bits per heavy atom. The molecule has 2 rings (SSSR count). The molecule has 0 aliphatic heterocycles. The summed E-state index contributed by atoms with van der Waals surface area (Å²) in [5.41, 5.74) is 0.228. The van der Waals surface area contributed by atoms with Crippen molar-refractivity contribution in [3.05, 3.63) is 69.2 Å². The number of nitro groups is 1. The average Bonchev–Trinajstić information content (AvgIpc) is 2.46. The zero-order valence-electron chi connectivity index (χ0n) is 10.7. The molecule has 0 radical (unpaired) electrons. The van der Waals surface area contributed by atoms with E-state index in [0.717, 1.165) is 17.7 Å². The van der Waals surface area contributed by atoms with Crippen molar-refractivity contribution in [2.75, 3.05) is 0 Å². The molecule has 0 amide bonds. The number of nitro benzene ring substituents is 1. The Morgan fingerprint density at radius 2 is 1.81 bits per heavy atom. The highest BCUT2D eigenvalue weighted by atomic mass is 35.5. The SMILES string of the molecule is O=[N+]([O-])c1ccc(Cl)cc1S(=O)(=O)NCc1ccccc1. The summed E-state index contributed by atoms with van der Waals surface area (Å²) in [5.74, 6) is 0. The topological polar surface area (TPSA) is 89.3 Å². The molecule has 0 heterocycles. The van der Waals surface area contributed by atoms with Crippen LogP contribution in [0.5, 0.6) is 0 Å². The van der Waals surface area contributed by atoms with Crippen LogP contribution in [0.15, 0.2) is 53.4 Å². The van der Waals surface area contributed by atoms with Crippen molar-refractivity contribution in [1.29, 1.82) is 0 Å². The largest absolute Gasteiger partial charge is 0.289 e. The zero-order valence-corrected chi connectivity index (χ0v) is 12.3. The Morgan fingerprint density at radius 1 is 1.14 bits per heavy atom. The van der Waals surface area contributed by atoms with E-state index in [-0.39, 0.29) is 11.6 Å². The van der Waals surface area contributed by atoms with E-state index in [9.17, 15) is 18.5 Å². The number of hydrogen-bond acceptors (Lipinski definition) is 4. The first-order valence-corrected chi connectivity index (χ1v) is 7.74. The van der Waals surface area contributed by atoms with Crippen LogP contribution in [0.3, 0.4) is 0 Å². The van der Waals surface area contributed by atoms with Crippen molar-refractivity contribution in [2.45, 2.75) is 11.4 Å². The first-order valence-electron chi connectivity index (χ1n) is 5.88. The molecule has 0 bridgehead atoms. The second-order valence-corrected chi connectivity index (χ2v) is 6.35. The number of hydrogen-bond donors (Lipinski definition) is 1. The van der Waals surface area contributed by atoms with E-state index >= 15 is 0 Å². The van der Waals surface area contributed by atoms with Crippen molar-refractivity contribution in [2.24, 2.45) is 0 Å². The lowest BCUT2D eigenvalue weighted by Gasteiger charge is -2.07. The van der Waals surface area contributed by atoms with Crippen LogP contribution in [0.2, 0.25) is 5.02 Å². The highest BCUT2D eigenvalue weighted by molar-refractivity contribution is 7.89. The molecule has 2 aromatic rings. The highest BCUT2D eigenvalue weighted by Gasteiger charge is 2.25. The van der Waals surface area contributed by atoms with Gasteiger partial charge in [-0.1, -0.05) is 41.9 Å². The number of nitrogens with zero attached hydrogens (tertiary/aromatic N) is 1. The van der Waals surface area contributed by atoms with Gasteiger partial charge in [0, 0.05) is 17.6 Å². The lowest BCUT2D eigenvalue weighted by atomic mass is 10.2. The molecule has 21 heavy (non-hydrogen) atoms. The van der Waals surface area contributed by atoms with Crippen LogP contribution in [0, 0.1) is 10.1 Å². The van der Waals surface area contributed by atoms with Gasteiger partial charge in [-0.2, -0.15) is 0 Å². The summed E-state index contributed by atoms with van der Waals surface area (Å²) in [4.78, 5) is 9.72. The van der Waals surface area contributed by atoms with Gasteiger partial charge in [-0.3, -0.25) is 10.1 Å². The summed E-state index contributed by atoms with van der Waals surface area (Å²) in [6.45, 7) is 0.0346. The van der Waals surface area contributed by atoms with E-state index in [1.165, 1.54) is 6.07 Å². The van der Waals surface area contributed by atoms with Crippen molar-refractivity contribution < 1.29 is 13.3 Å². The lowest BCUT2D eigenvalue weighted by Crippen LogP contribution is -2.24. The summed E-state index contributed by atoms with van der Waals surface area (Å²) in [5, 5.41) is 11.0. The molecular formula is C13H11ClN2O4S. The first kappa shape index (κ1) is 15.4. The van der Waals surface area contributed by atoms with E-state index in [0.29, 0.717) is 0 Å². The van der Waals surface area contributed by atoms with Crippen molar-refractivity contribution in [3.63, 3.8) is 0 Å². The van der Waals surface area contributed by atoms with E-state index in [2.05, 4.69) is 4.72 Å². The Balaban J connectivity index is 2.31. The summed E-state index contributed by atoms with van der Waals surface area (Å²) in [7, 11) is -4.03. The number of benzene rings is 2. The van der Waals surface area contributed by atoms with E-state index in [1.807, 2.05) is 0 Å². The van der Waals surface area contributed by atoms with E-state index < -0.39 is 25.5 Å². The summed E-state index contributed by atoms with van der Waals surface area (Å²) in [6, 6.07) is 12.2. The molecule has 0 fully saturated rings. The molecule has 6 nitrogen and oxygen atoms in total. The normalized spacial score (nSPS) is 11.3. The highest BCUT2D eigenvalue weighted by Crippen LogP contribution is 2.26. The number of halogens is 1. The van der Waals surface area contributed by atoms with Gasteiger partial charge in [0.25, 0.3) is 5.69 Å². The summed E-state index contributed by atoms with van der Waals surface area (Å²) < 4.78 is 26.7. The van der Waals surface area contributed by atoms with Gasteiger partial charge in [-0.25, -0.2) is 13.1 Å². The van der Waals surface area contributed by atoms with Gasteiger partial charge >= 0.3 is 0 Å². The molecule has 0 aromatic heterocycles. The van der Waals surface area contributed by atoms with Crippen LogP contribution < -0.4 is 4.72 Å². The molecule has 0 saturated heterocycles. The Labute approximate surface area is 126 Å². The molecule has 0 unspecified atom stereocenters. The maximum atomic E-state index is 12.2. The van der Waals surface area contributed by atoms with Crippen LogP contribution in [0.4, 0.5) is 5.69 Å². The molecule has 110 valence electrons. The van der Waals surface area contributed by atoms with Crippen LogP contribution >= 0.6 is 11.6 Å². The van der Waals surface area contributed by atoms with Crippen LogP contribution in [0.25, 0.3) is 0 Å². The molecule has 0 saturated carbocycles. The molecule has 8 heteroatoms. The fourth-order valence-corrected chi connectivity index (χ4v) is 3.16. The lowest BCUT2D eigenvalue weighted by molar-refractivity contribution is -0.387. The Hall–Kier alpha value is -1.96. The molecule has 0 aliphatic carbocycles. The molecule has 0 spiro atoms. The Kier molecular flexibility index (Phi) is 4.56. The van der Waals surface area contributed by atoms with Crippen LogP contribution in [-0.4, -0.2) is 13.3 Å². The fraction of sp³-hybridized carbons (Fsp3) is 0.0769. The molecular weight excluding hydrogens is 316 g/mol. The molecule has 0 atom stereocenters. The number of nitrogens with one attached hydrogen (secondary N) is 1. The fourth-order valence-electron chi connectivity index (χ4n) is 1.71. The quantitative estimate of drug-likeness (QED) is 0.675. The summed E-state index contributed by atoms with van der Waals surface area (Å²) in [6.07, 6.45) is 0. The van der Waals surface area contributed by atoms with Crippen LogP contribution in [-0.2, 0) is 16.6 Å². The molecule has 0 aliphatic rings. The Bertz CT molecular complexity index is 763. The van der Waals surface area contributed by atoms with Gasteiger partial charge in [0.05, 0.1) is 4.92 Å². The minimum absolute atomic E-state index is 0.0346. The third-order valence-electron chi connectivity index (χ3n) is 2.72. The third-order valence-corrected chi connectivity index (χ3v) is 4.38. The van der Waals surface area contributed by atoms with Gasteiger partial charge in [-0.15, -0.1) is 0 Å². The van der Waals surface area contributed by atoms with Crippen molar-refractivity contribution >= 4 is 27.3 Å². The minimum Gasteiger partial charge on any atom is -0.258 e. The van der Waals surface area contributed by atoms with Gasteiger partial charge in [0.2, 0.25) is 10.0 Å². The third kappa shape index (κ3) is 3.78.